The first-order valence-corrected chi connectivity index (χ1v) is 9.88. The smallest absolute Gasteiger partial charge is 0.410 e. The van der Waals surface area contributed by atoms with E-state index in [1.807, 2.05) is 32.9 Å². The average molecular weight is 408 g/mol. The van der Waals surface area contributed by atoms with Gasteiger partial charge < -0.3 is 14.5 Å². The molecule has 2 aliphatic heterocycles. The summed E-state index contributed by atoms with van der Waals surface area (Å²) in [5.74, 6) is -0.855. The molecule has 3 rings (SSSR count). The normalized spacial score (nSPS) is 20.8. The molecule has 2 aliphatic rings. The number of imide groups is 1. The number of benzene rings is 1. The number of nitrogens with zero attached hydrogens (tertiary/aromatic N) is 2. The van der Waals surface area contributed by atoms with Crippen molar-refractivity contribution < 1.29 is 19.1 Å². The van der Waals surface area contributed by atoms with Crippen LogP contribution in [-0.2, 0) is 14.3 Å². The Morgan fingerprint density at radius 2 is 1.86 bits per heavy atom. The molecule has 0 spiro atoms. The van der Waals surface area contributed by atoms with Crippen LogP contribution in [0.25, 0.3) is 0 Å². The molecule has 1 aromatic carbocycles. The van der Waals surface area contributed by atoms with Crippen molar-refractivity contribution in [3.8, 4) is 0 Å². The molecule has 8 heteroatoms. The molecule has 1 atom stereocenters. The summed E-state index contributed by atoms with van der Waals surface area (Å²) in [7, 11) is 0. The van der Waals surface area contributed by atoms with Crippen molar-refractivity contribution in [3.05, 3.63) is 28.8 Å². The third-order valence-corrected chi connectivity index (χ3v) is 5.19. The number of nitrogens with one attached hydrogen (secondary N) is 1. The van der Waals surface area contributed by atoms with Gasteiger partial charge in [-0.2, -0.15) is 0 Å². The molecule has 152 valence electrons. The molecule has 7 nitrogen and oxygen atoms in total. The summed E-state index contributed by atoms with van der Waals surface area (Å²) in [6, 6.07) is 5.60. The number of anilines is 1. The molecule has 1 unspecified atom stereocenters. The molecular weight excluding hydrogens is 382 g/mol. The molecule has 2 saturated heterocycles. The van der Waals surface area contributed by atoms with Crippen LogP contribution in [0.1, 0.15) is 45.1 Å². The predicted molar refractivity (Wildman–Crippen MR) is 107 cm³/mol. The van der Waals surface area contributed by atoms with E-state index >= 15 is 0 Å². The number of piperazine rings is 1. The van der Waals surface area contributed by atoms with Crippen molar-refractivity contribution in [2.24, 2.45) is 0 Å². The van der Waals surface area contributed by atoms with Crippen molar-refractivity contribution in [2.45, 2.75) is 45.1 Å². The van der Waals surface area contributed by atoms with Crippen LogP contribution in [0.15, 0.2) is 18.2 Å². The van der Waals surface area contributed by atoms with E-state index in [0.29, 0.717) is 44.0 Å². The zero-order valence-electron chi connectivity index (χ0n) is 16.5. The maximum Gasteiger partial charge on any atom is 0.410 e. The van der Waals surface area contributed by atoms with E-state index in [1.165, 1.54) is 0 Å². The third-order valence-electron chi connectivity index (χ3n) is 4.89. The molecular formula is C20H26ClN3O4. The summed E-state index contributed by atoms with van der Waals surface area (Å²) in [6.07, 6.45) is 0.531. The highest BCUT2D eigenvalue weighted by Gasteiger charge is 2.30. The van der Waals surface area contributed by atoms with Crippen molar-refractivity contribution in [3.63, 3.8) is 0 Å². The van der Waals surface area contributed by atoms with Crippen molar-refractivity contribution >= 4 is 35.2 Å². The van der Waals surface area contributed by atoms with Crippen molar-refractivity contribution in [1.29, 1.82) is 0 Å². The number of halogens is 1. The first-order chi connectivity index (χ1) is 13.1. The lowest BCUT2D eigenvalue weighted by Gasteiger charge is -2.37. The van der Waals surface area contributed by atoms with Crippen LogP contribution < -0.4 is 10.2 Å². The van der Waals surface area contributed by atoms with Crippen molar-refractivity contribution in [1.82, 2.24) is 10.2 Å². The number of ether oxygens (including phenoxy) is 1. The summed E-state index contributed by atoms with van der Waals surface area (Å²) in [4.78, 5) is 39.4. The highest BCUT2D eigenvalue weighted by molar-refractivity contribution is 6.33. The minimum atomic E-state index is -0.511. The predicted octanol–water partition coefficient (Wildman–Crippen LogP) is 2.92. The van der Waals surface area contributed by atoms with Crippen molar-refractivity contribution in [2.75, 3.05) is 31.1 Å². The fourth-order valence-electron chi connectivity index (χ4n) is 3.46. The highest BCUT2D eigenvalue weighted by Crippen LogP contribution is 2.33. The van der Waals surface area contributed by atoms with Gasteiger partial charge in [0.2, 0.25) is 11.8 Å². The molecule has 0 aromatic heterocycles. The first kappa shape index (κ1) is 20.5. The quantitative estimate of drug-likeness (QED) is 0.762. The van der Waals surface area contributed by atoms with E-state index in [2.05, 4.69) is 10.2 Å². The fourth-order valence-corrected chi connectivity index (χ4v) is 3.77. The van der Waals surface area contributed by atoms with E-state index in [9.17, 15) is 14.4 Å². The molecule has 1 N–H and O–H groups in total. The van der Waals surface area contributed by atoms with E-state index in [0.717, 1.165) is 11.3 Å². The number of hydrogen-bond acceptors (Lipinski definition) is 5. The Morgan fingerprint density at radius 3 is 2.43 bits per heavy atom. The van der Waals surface area contributed by atoms with Gasteiger partial charge in [-0.15, -0.1) is 0 Å². The van der Waals surface area contributed by atoms with Crippen LogP contribution in [0.4, 0.5) is 10.5 Å². The Bertz CT molecular complexity index is 782. The molecule has 0 radical (unpaired) electrons. The minimum Gasteiger partial charge on any atom is -0.444 e. The third kappa shape index (κ3) is 4.76. The number of piperidine rings is 1. The molecule has 2 heterocycles. The molecule has 3 amide bonds. The van der Waals surface area contributed by atoms with Crippen LogP contribution in [0.2, 0.25) is 5.02 Å². The fraction of sp³-hybridized carbons (Fsp3) is 0.550. The first-order valence-electron chi connectivity index (χ1n) is 9.50. The van der Waals surface area contributed by atoms with Gasteiger partial charge >= 0.3 is 6.09 Å². The molecule has 28 heavy (non-hydrogen) atoms. The number of carbonyl (C=O) groups is 3. The Hall–Kier alpha value is -2.28. The van der Waals surface area contributed by atoms with Gasteiger partial charge in [0, 0.05) is 32.6 Å². The monoisotopic (exact) mass is 407 g/mol. The highest BCUT2D eigenvalue weighted by atomic mass is 35.5. The van der Waals surface area contributed by atoms with Crippen LogP contribution in [0, 0.1) is 0 Å². The van der Waals surface area contributed by atoms with Crippen LogP contribution in [0.3, 0.4) is 0 Å². The lowest BCUT2D eigenvalue weighted by Crippen LogP contribution is -2.50. The Labute approximate surface area is 169 Å². The largest absolute Gasteiger partial charge is 0.444 e. The molecule has 2 fully saturated rings. The van der Waals surface area contributed by atoms with E-state index in [1.54, 1.807) is 11.0 Å². The maximum absolute atomic E-state index is 12.2. The second-order valence-electron chi connectivity index (χ2n) is 8.17. The average Bonchev–Trinajstić information content (AvgIpc) is 2.60. The summed E-state index contributed by atoms with van der Waals surface area (Å²) in [6.45, 7) is 7.97. The molecule has 0 saturated carbocycles. The Balaban J connectivity index is 1.63. The van der Waals surface area contributed by atoms with Crippen LogP contribution in [0.5, 0.6) is 0 Å². The number of carbonyl (C=O) groups excluding carboxylic acids is 3. The van der Waals surface area contributed by atoms with Gasteiger partial charge in [-0.1, -0.05) is 17.7 Å². The lowest BCUT2D eigenvalue weighted by molar-refractivity contribution is -0.134. The summed E-state index contributed by atoms with van der Waals surface area (Å²) < 4.78 is 5.42. The minimum absolute atomic E-state index is 0.230. The Morgan fingerprint density at radius 1 is 1.18 bits per heavy atom. The summed E-state index contributed by atoms with van der Waals surface area (Å²) >= 11 is 6.50. The Kier molecular flexibility index (Phi) is 5.84. The van der Waals surface area contributed by atoms with Gasteiger partial charge in [-0.3, -0.25) is 14.9 Å². The standard InChI is InChI=1S/C20H26ClN3O4/c1-20(2,3)28-19(27)24-10-8-23(9-11-24)16-6-4-13(12-15(16)21)14-5-7-17(25)22-18(14)26/h4,6,12,14H,5,7-11H2,1-3H3,(H,22,25,26). The second kappa shape index (κ2) is 7.99. The zero-order chi connectivity index (χ0) is 20.5. The van der Waals surface area contributed by atoms with Gasteiger partial charge in [-0.25, -0.2) is 4.79 Å². The molecule has 0 aliphatic carbocycles. The summed E-state index contributed by atoms with van der Waals surface area (Å²) in [5, 5.41) is 2.94. The van der Waals surface area contributed by atoms with Gasteiger partial charge in [0.25, 0.3) is 0 Å². The number of hydrogen-bond donors (Lipinski definition) is 1. The van der Waals surface area contributed by atoms with E-state index < -0.39 is 5.60 Å². The van der Waals surface area contributed by atoms with Crippen LogP contribution in [-0.4, -0.2) is 54.6 Å². The van der Waals surface area contributed by atoms with Gasteiger partial charge in [0.1, 0.15) is 5.60 Å². The zero-order valence-corrected chi connectivity index (χ0v) is 17.2. The maximum atomic E-state index is 12.2. The summed E-state index contributed by atoms with van der Waals surface area (Å²) in [5.41, 5.74) is 1.18. The number of rotatable bonds is 2. The SMILES string of the molecule is CC(C)(C)OC(=O)N1CCN(c2ccc(C3CCC(=O)NC3=O)cc2Cl)CC1. The lowest BCUT2D eigenvalue weighted by atomic mass is 9.90. The van der Waals surface area contributed by atoms with E-state index in [4.69, 9.17) is 16.3 Å². The molecule has 0 bridgehead atoms. The van der Waals surface area contributed by atoms with E-state index in [-0.39, 0.29) is 23.8 Å². The second-order valence-corrected chi connectivity index (χ2v) is 8.58. The van der Waals surface area contributed by atoms with Gasteiger partial charge in [0.15, 0.2) is 0 Å². The molecule has 1 aromatic rings. The van der Waals surface area contributed by atoms with Gasteiger partial charge in [0.05, 0.1) is 16.6 Å². The van der Waals surface area contributed by atoms with Gasteiger partial charge in [-0.05, 0) is 44.9 Å². The number of amides is 3. The topological polar surface area (TPSA) is 79.0 Å². The van der Waals surface area contributed by atoms with Crippen LogP contribution >= 0.6 is 11.6 Å².